The van der Waals surface area contributed by atoms with Gasteiger partial charge in [0.1, 0.15) is 5.75 Å². The third-order valence-corrected chi connectivity index (χ3v) is 2.98. The molecule has 2 aromatic rings. The third-order valence-electron chi connectivity index (χ3n) is 2.98. The first-order valence-electron chi connectivity index (χ1n) is 6.92. The van der Waals surface area contributed by atoms with E-state index in [1.165, 1.54) is 10.8 Å². The second-order valence-electron chi connectivity index (χ2n) is 5.86. The van der Waals surface area contributed by atoms with Crippen LogP contribution in [0.4, 0.5) is 0 Å². The van der Waals surface area contributed by atoms with Gasteiger partial charge in [-0.15, -0.1) is 12.4 Å². The Balaban J connectivity index is 0.00000200. The summed E-state index contributed by atoms with van der Waals surface area (Å²) < 4.78 is 5.89. The van der Waals surface area contributed by atoms with Crippen LogP contribution >= 0.6 is 12.4 Å². The molecular weight excluding hydrogens is 270 g/mol. The number of halogens is 1. The molecule has 2 nitrogen and oxygen atoms in total. The first-order valence-corrected chi connectivity index (χ1v) is 6.92. The highest BCUT2D eigenvalue weighted by molar-refractivity contribution is 5.88. The molecule has 0 unspecified atom stereocenters. The summed E-state index contributed by atoms with van der Waals surface area (Å²) in [6.45, 7) is 8.26. The van der Waals surface area contributed by atoms with Crippen molar-refractivity contribution in [3.63, 3.8) is 0 Å². The molecule has 0 saturated carbocycles. The summed E-state index contributed by atoms with van der Waals surface area (Å²) >= 11 is 0. The summed E-state index contributed by atoms with van der Waals surface area (Å²) in [5.41, 5.74) is 0.180. The van der Waals surface area contributed by atoms with E-state index in [2.05, 4.69) is 56.4 Å². The second kappa shape index (κ2) is 7.51. The van der Waals surface area contributed by atoms with E-state index in [-0.39, 0.29) is 17.9 Å². The Kier molecular flexibility index (Phi) is 6.31. The van der Waals surface area contributed by atoms with Gasteiger partial charge >= 0.3 is 0 Å². The molecule has 0 bridgehead atoms. The van der Waals surface area contributed by atoms with Gasteiger partial charge in [-0.2, -0.15) is 0 Å². The van der Waals surface area contributed by atoms with Crippen molar-refractivity contribution in [3.05, 3.63) is 42.5 Å². The highest BCUT2D eigenvalue weighted by Gasteiger charge is 2.07. The summed E-state index contributed by atoms with van der Waals surface area (Å²) in [5, 5.41) is 5.88. The lowest BCUT2D eigenvalue weighted by atomic mass is 10.1. The molecule has 0 saturated heterocycles. The molecule has 0 aliphatic heterocycles. The lowest BCUT2D eigenvalue weighted by Crippen LogP contribution is -2.36. The van der Waals surface area contributed by atoms with Crippen molar-refractivity contribution in [2.75, 3.05) is 13.2 Å². The van der Waals surface area contributed by atoms with Crippen molar-refractivity contribution in [2.24, 2.45) is 0 Å². The van der Waals surface area contributed by atoms with Gasteiger partial charge in [-0.3, -0.25) is 0 Å². The summed E-state index contributed by atoms with van der Waals surface area (Å²) in [7, 11) is 0. The minimum absolute atomic E-state index is 0. The number of benzene rings is 2. The van der Waals surface area contributed by atoms with Crippen molar-refractivity contribution in [2.45, 2.75) is 32.7 Å². The van der Waals surface area contributed by atoms with E-state index in [0.717, 1.165) is 25.3 Å². The van der Waals surface area contributed by atoms with Gasteiger partial charge in [0.05, 0.1) is 6.61 Å². The van der Waals surface area contributed by atoms with Gasteiger partial charge < -0.3 is 10.1 Å². The summed E-state index contributed by atoms with van der Waals surface area (Å²) in [5.74, 6) is 0.980. The van der Waals surface area contributed by atoms with Crippen LogP contribution in [0.3, 0.4) is 0 Å². The molecule has 3 heteroatoms. The summed E-state index contributed by atoms with van der Waals surface area (Å²) in [6.07, 6.45) is 1.01. The maximum Gasteiger partial charge on any atom is 0.127 e. The number of rotatable bonds is 5. The SMILES string of the molecule is CC(C)(C)NCCCOc1cccc2ccccc12.Cl. The molecular formula is C17H24ClNO. The Morgan fingerprint density at radius 2 is 1.70 bits per heavy atom. The highest BCUT2D eigenvalue weighted by atomic mass is 35.5. The van der Waals surface area contributed by atoms with Crippen LogP contribution in [0.2, 0.25) is 0 Å². The van der Waals surface area contributed by atoms with Gasteiger partial charge in [-0.25, -0.2) is 0 Å². The van der Waals surface area contributed by atoms with Crippen LogP contribution in [0.25, 0.3) is 10.8 Å². The van der Waals surface area contributed by atoms with Crippen molar-refractivity contribution < 1.29 is 4.74 Å². The van der Waals surface area contributed by atoms with E-state index in [9.17, 15) is 0 Å². The number of hydrogen-bond donors (Lipinski definition) is 1. The van der Waals surface area contributed by atoms with Crippen LogP contribution in [0.5, 0.6) is 5.75 Å². The molecule has 2 aromatic carbocycles. The number of ether oxygens (including phenoxy) is 1. The minimum Gasteiger partial charge on any atom is -0.493 e. The fraction of sp³-hybridized carbons (Fsp3) is 0.412. The van der Waals surface area contributed by atoms with Crippen molar-refractivity contribution in [1.29, 1.82) is 0 Å². The maximum atomic E-state index is 5.89. The van der Waals surface area contributed by atoms with Gasteiger partial charge in [-0.1, -0.05) is 36.4 Å². The fourth-order valence-electron chi connectivity index (χ4n) is 2.04. The molecule has 110 valence electrons. The molecule has 0 amide bonds. The largest absolute Gasteiger partial charge is 0.493 e. The van der Waals surface area contributed by atoms with Crippen molar-refractivity contribution in [1.82, 2.24) is 5.32 Å². The molecule has 0 aliphatic rings. The molecule has 0 fully saturated rings. The van der Waals surface area contributed by atoms with Gasteiger partial charge in [0.2, 0.25) is 0 Å². The van der Waals surface area contributed by atoms with Crippen LogP contribution in [-0.2, 0) is 0 Å². The Morgan fingerprint density at radius 3 is 2.45 bits per heavy atom. The molecule has 1 N–H and O–H groups in total. The van der Waals surface area contributed by atoms with E-state index >= 15 is 0 Å². The zero-order chi connectivity index (χ0) is 13.7. The number of hydrogen-bond acceptors (Lipinski definition) is 2. The predicted octanol–water partition coefficient (Wildman–Crippen LogP) is 4.42. The Labute approximate surface area is 127 Å². The van der Waals surface area contributed by atoms with E-state index in [1.807, 2.05) is 12.1 Å². The van der Waals surface area contributed by atoms with Gasteiger partial charge in [0, 0.05) is 10.9 Å². The number of nitrogens with one attached hydrogen (secondary N) is 1. The topological polar surface area (TPSA) is 21.3 Å². The fourth-order valence-corrected chi connectivity index (χ4v) is 2.04. The van der Waals surface area contributed by atoms with Gasteiger partial charge in [0.25, 0.3) is 0 Å². The normalized spacial score (nSPS) is 11.2. The summed E-state index contributed by atoms with van der Waals surface area (Å²) in [6, 6.07) is 14.5. The van der Waals surface area contributed by atoms with E-state index in [1.54, 1.807) is 0 Å². The molecule has 0 atom stereocenters. The lowest BCUT2D eigenvalue weighted by Gasteiger charge is -2.20. The zero-order valence-electron chi connectivity index (χ0n) is 12.5. The quantitative estimate of drug-likeness (QED) is 0.824. The van der Waals surface area contributed by atoms with E-state index in [0.29, 0.717) is 0 Å². The average molecular weight is 294 g/mol. The zero-order valence-corrected chi connectivity index (χ0v) is 13.3. The van der Waals surface area contributed by atoms with Crippen molar-refractivity contribution >= 4 is 23.2 Å². The Bertz CT molecular complexity index is 528. The van der Waals surface area contributed by atoms with E-state index < -0.39 is 0 Å². The molecule has 0 spiro atoms. The molecule has 0 aromatic heterocycles. The summed E-state index contributed by atoms with van der Waals surface area (Å²) in [4.78, 5) is 0. The molecule has 0 aliphatic carbocycles. The third kappa shape index (κ3) is 5.03. The number of fused-ring (bicyclic) bond motifs is 1. The highest BCUT2D eigenvalue weighted by Crippen LogP contribution is 2.25. The Morgan fingerprint density at radius 1 is 1.00 bits per heavy atom. The molecule has 20 heavy (non-hydrogen) atoms. The first-order chi connectivity index (χ1) is 9.06. The first kappa shape index (κ1) is 16.8. The smallest absolute Gasteiger partial charge is 0.127 e. The monoisotopic (exact) mass is 293 g/mol. The molecule has 0 heterocycles. The standard InChI is InChI=1S/C17H23NO.ClH/c1-17(2,3)18-12-7-13-19-16-11-6-9-14-8-4-5-10-15(14)16;/h4-6,8-11,18H,7,12-13H2,1-3H3;1H. The molecule has 2 rings (SSSR count). The maximum absolute atomic E-state index is 5.89. The van der Waals surface area contributed by atoms with Crippen LogP contribution in [0.1, 0.15) is 27.2 Å². The lowest BCUT2D eigenvalue weighted by molar-refractivity contribution is 0.301. The predicted molar refractivity (Wildman–Crippen MR) is 89.1 cm³/mol. The van der Waals surface area contributed by atoms with Crippen molar-refractivity contribution in [3.8, 4) is 5.75 Å². The van der Waals surface area contributed by atoms with Crippen LogP contribution in [-0.4, -0.2) is 18.7 Å². The average Bonchev–Trinajstić information content (AvgIpc) is 2.37. The minimum atomic E-state index is 0. The van der Waals surface area contributed by atoms with E-state index in [4.69, 9.17) is 4.74 Å². The van der Waals surface area contributed by atoms with Crippen LogP contribution in [0.15, 0.2) is 42.5 Å². The molecule has 0 radical (unpaired) electrons. The van der Waals surface area contributed by atoms with Gasteiger partial charge in [-0.05, 0) is 45.2 Å². The van der Waals surface area contributed by atoms with Gasteiger partial charge in [0.15, 0.2) is 0 Å². The van der Waals surface area contributed by atoms with Crippen LogP contribution < -0.4 is 10.1 Å². The second-order valence-corrected chi connectivity index (χ2v) is 5.86. The Hall–Kier alpha value is -1.25. The van der Waals surface area contributed by atoms with Crippen LogP contribution in [0, 0.1) is 0 Å².